The molecule has 7 heteroatoms. The zero-order chi connectivity index (χ0) is 15.8. The standard InChI is InChI=1S/C15H19F3N2O.ClH/c1-14(2)9-20(8-7-12(14)19)13(21)10-3-5-11(6-4-10)15(16,17)18;/h3-6,12H,7-9,19H2,1-2H3;1H. The number of nitrogens with two attached hydrogens (primary N) is 1. The Bertz CT molecular complexity index is 529. The van der Waals surface area contributed by atoms with Gasteiger partial charge in [-0.05, 0) is 36.1 Å². The number of benzene rings is 1. The minimum atomic E-state index is -4.39. The normalized spacial score (nSPS) is 21.2. The van der Waals surface area contributed by atoms with Crippen molar-refractivity contribution in [2.45, 2.75) is 32.5 Å². The zero-order valence-corrected chi connectivity index (χ0v) is 13.3. The summed E-state index contributed by atoms with van der Waals surface area (Å²) in [6, 6.07) is 4.36. The van der Waals surface area contributed by atoms with Gasteiger partial charge in [0.1, 0.15) is 0 Å². The number of hydrogen-bond donors (Lipinski definition) is 1. The minimum absolute atomic E-state index is 0. The van der Waals surface area contributed by atoms with Crippen LogP contribution in [0.4, 0.5) is 13.2 Å². The fourth-order valence-corrected chi connectivity index (χ4v) is 2.53. The number of likely N-dealkylation sites (tertiary alicyclic amines) is 1. The van der Waals surface area contributed by atoms with Crippen molar-refractivity contribution < 1.29 is 18.0 Å². The summed E-state index contributed by atoms with van der Waals surface area (Å²) in [5, 5.41) is 0. The molecule has 0 spiro atoms. The lowest BCUT2D eigenvalue weighted by molar-refractivity contribution is -0.137. The Hall–Kier alpha value is -1.27. The zero-order valence-electron chi connectivity index (χ0n) is 12.5. The van der Waals surface area contributed by atoms with Gasteiger partial charge in [-0.2, -0.15) is 13.2 Å². The molecule has 124 valence electrons. The molecule has 1 aliphatic rings. The molecule has 1 amide bonds. The maximum Gasteiger partial charge on any atom is 0.416 e. The molecule has 2 rings (SSSR count). The molecule has 1 unspecified atom stereocenters. The quantitative estimate of drug-likeness (QED) is 0.855. The van der Waals surface area contributed by atoms with Crippen LogP contribution in [0.25, 0.3) is 0 Å². The van der Waals surface area contributed by atoms with Gasteiger partial charge in [0.2, 0.25) is 0 Å². The molecule has 1 aromatic carbocycles. The Morgan fingerprint density at radius 1 is 1.27 bits per heavy atom. The van der Waals surface area contributed by atoms with E-state index in [0.29, 0.717) is 19.5 Å². The second-order valence-corrected chi connectivity index (χ2v) is 6.19. The number of carbonyl (C=O) groups excluding carboxylic acids is 1. The van der Waals surface area contributed by atoms with Crippen LogP contribution >= 0.6 is 12.4 Å². The summed E-state index contributed by atoms with van der Waals surface area (Å²) in [6.45, 7) is 5.02. The molecular formula is C15H20ClF3N2O. The van der Waals surface area contributed by atoms with Gasteiger partial charge >= 0.3 is 6.18 Å². The molecule has 0 aromatic heterocycles. The summed E-state index contributed by atoms with van der Waals surface area (Å²) in [6.07, 6.45) is -3.69. The van der Waals surface area contributed by atoms with Crippen molar-refractivity contribution in [1.29, 1.82) is 0 Å². The van der Waals surface area contributed by atoms with Crippen LogP contribution in [0.1, 0.15) is 36.2 Å². The molecule has 1 saturated heterocycles. The second-order valence-electron chi connectivity index (χ2n) is 6.19. The lowest BCUT2D eigenvalue weighted by Crippen LogP contribution is -2.54. The minimum Gasteiger partial charge on any atom is -0.338 e. The SMILES string of the molecule is CC1(C)CN(C(=O)c2ccc(C(F)(F)F)cc2)CCC1N.Cl. The van der Waals surface area contributed by atoms with Crippen molar-refractivity contribution >= 4 is 18.3 Å². The largest absolute Gasteiger partial charge is 0.416 e. The van der Waals surface area contributed by atoms with Crippen molar-refractivity contribution in [1.82, 2.24) is 4.90 Å². The van der Waals surface area contributed by atoms with E-state index in [2.05, 4.69) is 0 Å². The van der Waals surface area contributed by atoms with E-state index in [1.165, 1.54) is 12.1 Å². The molecule has 0 radical (unpaired) electrons. The first-order valence-electron chi connectivity index (χ1n) is 6.83. The molecule has 1 fully saturated rings. The highest BCUT2D eigenvalue weighted by Gasteiger charge is 2.36. The van der Waals surface area contributed by atoms with Gasteiger partial charge in [0.05, 0.1) is 5.56 Å². The Labute approximate surface area is 134 Å². The van der Waals surface area contributed by atoms with E-state index in [-0.39, 0.29) is 35.3 Å². The topological polar surface area (TPSA) is 46.3 Å². The summed E-state index contributed by atoms with van der Waals surface area (Å²) >= 11 is 0. The van der Waals surface area contributed by atoms with Crippen LogP contribution in [0, 0.1) is 5.41 Å². The fourth-order valence-electron chi connectivity index (χ4n) is 2.53. The molecule has 1 heterocycles. The first-order chi connectivity index (χ1) is 9.61. The number of amides is 1. The number of rotatable bonds is 1. The summed E-state index contributed by atoms with van der Waals surface area (Å²) in [7, 11) is 0. The van der Waals surface area contributed by atoms with E-state index in [4.69, 9.17) is 5.73 Å². The van der Waals surface area contributed by atoms with E-state index in [9.17, 15) is 18.0 Å². The summed E-state index contributed by atoms with van der Waals surface area (Å²) in [5.41, 5.74) is 5.35. The predicted molar refractivity (Wildman–Crippen MR) is 81.0 cm³/mol. The Kier molecular flexibility index (Phi) is 5.51. The van der Waals surface area contributed by atoms with Crippen LogP contribution in [-0.4, -0.2) is 29.9 Å². The van der Waals surface area contributed by atoms with Gasteiger partial charge in [0.15, 0.2) is 0 Å². The molecule has 0 bridgehead atoms. The average Bonchev–Trinajstić information content (AvgIpc) is 2.40. The maximum atomic E-state index is 12.5. The second kappa shape index (κ2) is 6.46. The molecule has 1 aliphatic heterocycles. The van der Waals surface area contributed by atoms with E-state index in [1.807, 2.05) is 13.8 Å². The Balaban J connectivity index is 0.00000242. The highest BCUT2D eigenvalue weighted by Crippen LogP contribution is 2.31. The number of hydrogen-bond acceptors (Lipinski definition) is 2. The molecule has 2 N–H and O–H groups in total. The van der Waals surface area contributed by atoms with E-state index in [0.717, 1.165) is 12.1 Å². The van der Waals surface area contributed by atoms with Gasteiger partial charge in [0, 0.05) is 24.7 Å². The van der Waals surface area contributed by atoms with Crippen LogP contribution in [-0.2, 0) is 6.18 Å². The van der Waals surface area contributed by atoms with Crippen molar-refractivity contribution in [3.8, 4) is 0 Å². The molecule has 0 aliphatic carbocycles. The number of alkyl halides is 3. The Morgan fingerprint density at radius 2 is 1.82 bits per heavy atom. The fraction of sp³-hybridized carbons (Fsp3) is 0.533. The van der Waals surface area contributed by atoms with Gasteiger partial charge in [-0.25, -0.2) is 0 Å². The average molecular weight is 337 g/mol. The third-order valence-electron chi connectivity index (χ3n) is 4.06. The summed E-state index contributed by atoms with van der Waals surface area (Å²) < 4.78 is 37.5. The summed E-state index contributed by atoms with van der Waals surface area (Å²) in [4.78, 5) is 14.0. The predicted octanol–water partition coefficient (Wildman–Crippen LogP) is 3.33. The molecule has 1 atom stereocenters. The van der Waals surface area contributed by atoms with E-state index in [1.54, 1.807) is 4.90 Å². The third kappa shape index (κ3) is 3.93. The van der Waals surface area contributed by atoms with E-state index < -0.39 is 11.7 Å². The van der Waals surface area contributed by atoms with Gasteiger partial charge in [-0.15, -0.1) is 12.4 Å². The van der Waals surface area contributed by atoms with Crippen LogP contribution in [0.3, 0.4) is 0 Å². The number of piperidine rings is 1. The van der Waals surface area contributed by atoms with Gasteiger partial charge in [0.25, 0.3) is 5.91 Å². The van der Waals surface area contributed by atoms with Crippen molar-refractivity contribution in [3.05, 3.63) is 35.4 Å². The third-order valence-corrected chi connectivity index (χ3v) is 4.06. The smallest absolute Gasteiger partial charge is 0.338 e. The number of nitrogens with zero attached hydrogens (tertiary/aromatic N) is 1. The van der Waals surface area contributed by atoms with Crippen LogP contribution < -0.4 is 5.73 Å². The van der Waals surface area contributed by atoms with Crippen molar-refractivity contribution in [2.24, 2.45) is 11.1 Å². The lowest BCUT2D eigenvalue weighted by Gasteiger charge is -2.42. The number of halogens is 4. The van der Waals surface area contributed by atoms with Crippen LogP contribution in [0.5, 0.6) is 0 Å². The van der Waals surface area contributed by atoms with Crippen LogP contribution in [0.2, 0.25) is 0 Å². The number of carbonyl (C=O) groups is 1. The van der Waals surface area contributed by atoms with E-state index >= 15 is 0 Å². The Morgan fingerprint density at radius 3 is 2.27 bits per heavy atom. The van der Waals surface area contributed by atoms with Crippen LogP contribution in [0.15, 0.2) is 24.3 Å². The molecule has 3 nitrogen and oxygen atoms in total. The first kappa shape index (κ1) is 18.8. The lowest BCUT2D eigenvalue weighted by atomic mass is 9.79. The van der Waals surface area contributed by atoms with Crippen molar-refractivity contribution in [2.75, 3.05) is 13.1 Å². The van der Waals surface area contributed by atoms with Gasteiger partial charge < -0.3 is 10.6 Å². The highest BCUT2D eigenvalue weighted by atomic mass is 35.5. The first-order valence-corrected chi connectivity index (χ1v) is 6.83. The monoisotopic (exact) mass is 336 g/mol. The maximum absolute atomic E-state index is 12.5. The van der Waals surface area contributed by atoms with Gasteiger partial charge in [-0.1, -0.05) is 13.8 Å². The van der Waals surface area contributed by atoms with Crippen molar-refractivity contribution in [3.63, 3.8) is 0 Å². The molecule has 22 heavy (non-hydrogen) atoms. The molecule has 1 aromatic rings. The summed E-state index contributed by atoms with van der Waals surface area (Å²) in [5.74, 6) is -0.247. The highest BCUT2D eigenvalue weighted by molar-refractivity contribution is 5.94. The molecule has 0 saturated carbocycles. The molecular weight excluding hydrogens is 317 g/mol. The van der Waals surface area contributed by atoms with Gasteiger partial charge in [-0.3, -0.25) is 4.79 Å².